The topological polar surface area (TPSA) is 96.7 Å². The highest BCUT2D eigenvalue weighted by atomic mass is 35.5. The van der Waals surface area contributed by atoms with Gasteiger partial charge in [0.05, 0.1) is 23.4 Å². The third kappa shape index (κ3) is 3.98. The Morgan fingerprint density at radius 1 is 1.48 bits per heavy atom. The molecule has 0 saturated carbocycles. The smallest absolute Gasteiger partial charge is 0.317 e. The molecule has 1 aliphatic heterocycles. The number of halogens is 1. The van der Waals surface area contributed by atoms with Crippen molar-refractivity contribution in [1.82, 2.24) is 15.5 Å². The number of likely N-dealkylation sites (tertiary alicyclic amines) is 1. The first-order valence-electron chi connectivity index (χ1n) is 7.42. The lowest BCUT2D eigenvalue weighted by molar-refractivity contribution is 0.0935. The molecule has 126 valence electrons. The van der Waals surface area contributed by atoms with E-state index in [4.69, 9.17) is 22.1 Å². The zero-order valence-corrected chi connectivity index (χ0v) is 13.9. The second kappa shape index (κ2) is 7.41. The number of urea groups is 1. The summed E-state index contributed by atoms with van der Waals surface area (Å²) in [4.78, 5) is 25.9. The Morgan fingerprint density at radius 2 is 2.22 bits per heavy atom. The summed E-state index contributed by atoms with van der Waals surface area (Å²) in [6.07, 6.45) is 0.702. The summed E-state index contributed by atoms with van der Waals surface area (Å²) in [5.41, 5.74) is 6.39. The molecule has 3 amide bonds. The Kier molecular flexibility index (Phi) is 5.54. The number of anilines is 1. The fourth-order valence-electron chi connectivity index (χ4n) is 2.50. The van der Waals surface area contributed by atoms with Crippen LogP contribution in [0, 0.1) is 0 Å². The van der Waals surface area contributed by atoms with E-state index in [1.165, 1.54) is 19.2 Å². The van der Waals surface area contributed by atoms with Crippen LogP contribution in [0.2, 0.25) is 5.02 Å². The Labute approximate surface area is 140 Å². The minimum absolute atomic E-state index is 0.105. The Morgan fingerprint density at radius 3 is 2.87 bits per heavy atom. The Hall–Kier alpha value is -2.15. The molecule has 1 aliphatic rings. The van der Waals surface area contributed by atoms with Gasteiger partial charge < -0.3 is 26.0 Å². The molecule has 1 aromatic rings. The van der Waals surface area contributed by atoms with Crippen LogP contribution in [-0.2, 0) is 0 Å². The molecule has 2 rings (SSSR count). The molecule has 23 heavy (non-hydrogen) atoms. The maximum absolute atomic E-state index is 12.4. The average Bonchev–Trinajstić information content (AvgIpc) is 2.98. The van der Waals surface area contributed by atoms with E-state index in [0.717, 1.165) is 0 Å². The molecule has 0 bridgehead atoms. The van der Waals surface area contributed by atoms with Crippen molar-refractivity contribution in [3.63, 3.8) is 0 Å². The fraction of sp³-hybridized carbons (Fsp3) is 0.467. The van der Waals surface area contributed by atoms with Gasteiger partial charge in [-0.15, -0.1) is 0 Å². The van der Waals surface area contributed by atoms with Gasteiger partial charge in [-0.3, -0.25) is 4.79 Å². The van der Waals surface area contributed by atoms with Crippen LogP contribution in [0.25, 0.3) is 0 Å². The quantitative estimate of drug-likeness (QED) is 0.723. The number of carbonyl (C=O) groups excluding carboxylic acids is 2. The number of ether oxygens (including phenoxy) is 1. The number of methoxy groups -OCH3 is 1. The highest BCUT2D eigenvalue weighted by Crippen LogP contribution is 2.29. The van der Waals surface area contributed by atoms with Gasteiger partial charge in [-0.05, 0) is 19.4 Å². The van der Waals surface area contributed by atoms with Crippen molar-refractivity contribution in [2.45, 2.75) is 19.4 Å². The number of nitrogen functional groups attached to an aromatic ring is 1. The predicted octanol–water partition coefficient (Wildman–Crippen LogP) is 1.46. The molecule has 0 spiro atoms. The normalized spacial score (nSPS) is 17.0. The summed E-state index contributed by atoms with van der Waals surface area (Å²) < 4.78 is 5.18. The summed E-state index contributed by atoms with van der Waals surface area (Å²) in [6, 6.07) is 2.79. The molecule has 4 N–H and O–H groups in total. The Balaban J connectivity index is 2.03. The number of amides is 3. The number of rotatable bonds is 4. The van der Waals surface area contributed by atoms with Gasteiger partial charge in [-0.1, -0.05) is 11.6 Å². The van der Waals surface area contributed by atoms with Gasteiger partial charge in [-0.2, -0.15) is 0 Å². The molecular formula is C15H21ClN4O3. The van der Waals surface area contributed by atoms with Gasteiger partial charge in [0.2, 0.25) is 0 Å². The number of hydrogen-bond donors (Lipinski definition) is 3. The molecule has 1 fully saturated rings. The van der Waals surface area contributed by atoms with E-state index >= 15 is 0 Å². The van der Waals surface area contributed by atoms with Crippen molar-refractivity contribution >= 4 is 29.2 Å². The minimum atomic E-state index is -0.300. The van der Waals surface area contributed by atoms with E-state index in [1.807, 2.05) is 6.92 Å². The van der Waals surface area contributed by atoms with Gasteiger partial charge >= 0.3 is 6.03 Å². The van der Waals surface area contributed by atoms with Gasteiger partial charge in [0.15, 0.2) is 0 Å². The van der Waals surface area contributed by atoms with Crippen LogP contribution in [0.15, 0.2) is 12.1 Å². The summed E-state index contributed by atoms with van der Waals surface area (Å²) in [6.45, 7) is 3.52. The number of nitrogens with two attached hydrogens (primary N) is 1. The fourth-order valence-corrected chi connectivity index (χ4v) is 2.67. The zero-order valence-electron chi connectivity index (χ0n) is 13.2. The van der Waals surface area contributed by atoms with Crippen molar-refractivity contribution in [2.24, 2.45) is 0 Å². The maximum atomic E-state index is 12.4. The maximum Gasteiger partial charge on any atom is 0.317 e. The first-order valence-corrected chi connectivity index (χ1v) is 7.80. The highest BCUT2D eigenvalue weighted by Gasteiger charge is 2.28. The van der Waals surface area contributed by atoms with E-state index in [1.54, 1.807) is 4.90 Å². The molecule has 1 aromatic carbocycles. The van der Waals surface area contributed by atoms with E-state index in [0.29, 0.717) is 48.1 Å². The summed E-state index contributed by atoms with van der Waals surface area (Å²) in [5.74, 6) is 0.0643. The third-order valence-corrected chi connectivity index (χ3v) is 4.03. The van der Waals surface area contributed by atoms with E-state index < -0.39 is 0 Å². The van der Waals surface area contributed by atoms with Crippen LogP contribution < -0.4 is 21.1 Å². The van der Waals surface area contributed by atoms with Crippen molar-refractivity contribution in [3.05, 3.63) is 22.7 Å². The van der Waals surface area contributed by atoms with Crippen LogP contribution in [0.1, 0.15) is 23.7 Å². The van der Waals surface area contributed by atoms with Crippen LogP contribution in [0.4, 0.5) is 10.5 Å². The molecule has 7 nitrogen and oxygen atoms in total. The third-order valence-electron chi connectivity index (χ3n) is 3.70. The second-order valence-electron chi connectivity index (χ2n) is 5.31. The molecule has 1 saturated heterocycles. The van der Waals surface area contributed by atoms with E-state index in [9.17, 15) is 9.59 Å². The molecule has 1 atom stereocenters. The number of benzene rings is 1. The van der Waals surface area contributed by atoms with E-state index in [2.05, 4.69) is 10.6 Å². The van der Waals surface area contributed by atoms with Gasteiger partial charge in [0, 0.05) is 31.7 Å². The summed E-state index contributed by atoms with van der Waals surface area (Å²) in [7, 11) is 1.46. The van der Waals surface area contributed by atoms with Crippen molar-refractivity contribution in [2.75, 3.05) is 32.5 Å². The van der Waals surface area contributed by atoms with Crippen LogP contribution >= 0.6 is 11.6 Å². The average molecular weight is 341 g/mol. The van der Waals surface area contributed by atoms with Gasteiger partial charge in [0.1, 0.15) is 5.75 Å². The molecule has 0 radical (unpaired) electrons. The number of hydrogen-bond acceptors (Lipinski definition) is 4. The van der Waals surface area contributed by atoms with Crippen molar-refractivity contribution < 1.29 is 14.3 Å². The van der Waals surface area contributed by atoms with E-state index in [-0.39, 0.29) is 18.0 Å². The predicted molar refractivity (Wildman–Crippen MR) is 88.9 cm³/mol. The minimum Gasteiger partial charge on any atom is -0.496 e. The van der Waals surface area contributed by atoms with Crippen molar-refractivity contribution in [1.29, 1.82) is 0 Å². The monoisotopic (exact) mass is 340 g/mol. The standard InChI is InChI=1S/C15H21ClN4O3/c1-3-18-15(22)20-5-4-9(8-20)19-14(21)10-6-11(16)12(17)7-13(10)23-2/h6-7,9H,3-5,8,17H2,1-2H3,(H,18,22)(H,19,21). The van der Waals surface area contributed by atoms with Crippen LogP contribution in [-0.4, -0.2) is 49.6 Å². The molecule has 1 heterocycles. The lowest BCUT2D eigenvalue weighted by Crippen LogP contribution is -2.42. The first kappa shape index (κ1) is 17.2. The zero-order chi connectivity index (χ0) is 17.0. The van der Waals surface area contributed by atoms with Gasteiger partial charge in [0.25, 0.3) is 5.91 Å². The lowest BCUT2D eigenvalue weighted by atomic mass is 10.1. The molecular weight excluding hydrogens is 320 g/mol. The number of nitrogens with zero attached hydrogens (tertiary/aromatic N) is 1. The SMILES string of the molecule is CCNC(=O)N1CCC(NC(=O)c2cc(Cl)c(N)cc2OC)C1. The van der Waals surface area contributed by atoms with Crippen LogP contribution in [0.3, 0.4) is 0 Å². The van der Waals surface area contributed by atoms with Crippen LogP contribution in [0.5, 0.6) is 5.75 Å². The molecule has 8 heteroatoms. The molecule has 1 unspecified atom stereocenters. The lowest BCUT2D eigenvalue weighted by Gasteiger charge is -2.18. The number of carbonyl (C=O) groups is 2. The number of nitrogens with one attached hydrogen (secondary N) is 2. The largest absolute Gasteiger partial charge is 0.496 e. The molecule has 0 aromatic heterocycles. The second-order valence-corrected chi connectivity index (χ2v) is 5.72. The van der Waals surface area contributed by atoms with Crippen molar-refractivity contribution in [3.8, 4) is 5.75 Å². The first-order chi connectivity index (χ1) is 11.0. The van der Waals surface area contributed by atoms with Gasteiger partial charge in [-0.25, -0.2) is 4.79 Å². The Bertz CT molecular complexity index is 609. The summed E-state index contributed by atoms with van der Waals surface area (Å²) in [5, 5.41) is 5.95. The summed E-state index contributed by atoms with van der Waals surface area (Å²) >= 11 is 5.98. The molecule has 0 aliphatic carbocycles. The highest BCUT2D eigenvalue weighted by molar-refractivity contribution is 6.33.